The lowest BCUT2D eigenvalue weighted by Gasteiger charge is -2.32. The number of carbonyl (C=O) groups excluding carboxylic acids is 2. The van der Waals surface area contributed by atoms with Crippen LogP contribution in [0.1, 0.15) is 44.1 Å². The molecular formula is C22H28N2O3. The van der Waals surface area contributed by atoms with Gasteiger partial charge in [-0.2, -0.15) is 0 Å². The number of likely N-dealkylation sites (tertiary alicyclic amines) is 1. The molecule has 0 spiro atoms. The summed E-state index contributed by atoms with van der Waals surface area (Å²) in [7, 11) is 0. The summed E-state index contributed by atoms with van der Waals surface area (Å²) in [6.45, 7) is 10.9. The van der Waals surface area contributed by atoms with Crippen LogP contribution in [0.3, 0.4) is 0 Å². The number of hydrogen-bond donors (Lipinski definition) is 1. The number of nitrogens with zero attached hydrogens (tertiary/aromatic N) is 1. The van der Waals surface area contributed by atoms with E-state index in [-0.39, 0.29) is 29.7 Å². The lowest BCUT2D eigenvalue weighted by molar-refractivity contribution is -0.132. The van der Waals surface area contributed by atoms with Gasteiger partial charge in [0.25, 0.3) is 0 Å². The Balaban J connectivity index is 1.73. The molecule has 2 heterocycles. The number of furan rings is 1. The van der Waals surface area contributed by atoms with Gasteiger partial charge in [-0.1, -0.05) is 38.6 Å². The first-order valence-electron chi connectivity index (χ1n) is 9.62. The summed E-state index contributed by atoms with van der Waals surface area (Å²) in [5.74, 6) is 0.935. The Bertz CT molecular complexity index is 844. The van der Waals surface area contributed by atoms with Gasteiger partial charge in [0.1, 0.15) is 11.3 Å². The molecule has 2 amide bonds. The molecule has 0 radical (unpaired) electrons. The smallest absolute Gasteiger partial charge is 0.245 e. The molecule has 1 N–H and O–H groups in total. The second-order valence-electron chi connectivity index (χ2n) is 7.62. The maximum Gasteiger partial charge on any atom is 0.245 e. The van der Waals surface area contributed by atoms with Gasteiger partial charge in [-0.15, -0.1) is 0 Å². The zero-order valence-electron chi connectivity index (χ0n) is 16.3. The van der Waals surface area contributed by atoms with Crippen molar-refractivity contribution in [3.05, 3.63) is 48.2 Å². The van der Waals surface area contributed by atoms with Crippen molar-refractivity contribution in [3.63, 3.8) is 0 Å². The molecule has 1 aliphatic heterocycles. The van der Waals surface area contributed by atoms with Crippen molar-refractivity contribution in [2.75, 3.05) is 13.1 Å². The summed E-state index contributed by atoms with van der Waals surface area (Å²) in [5.41, 5.74) is 1.93. The van der Waals surface area contributed by atoms with E-state index in [0.29, 0.717) is 25.9 Å². The molecule has 1 fully saturated rings. The molecule has 0 bridgehead atoms. The molecule has 1 aromatic heterocycles. The molecular weight excluding hydrogens is 340 g/mol. The van der Waals surface area contributed by atoms with E-state index in [1.54, 1.807) is 4.90 Å². The predicted molar refractivity (Wildman–Crippen MR) is 106 cm³/mol. The predicted octanol–water partition coefficient (Wildman–Crippen LogP) is 3.98. The number of rotatable bonds is 5. The minimum absolute atomic E-state index is 0.0410. The molecule has 0 saturated carbocycles. The van der Waals surface area contributed by atoms with Crippen LogP contribution in [0.2, 0.25) is 0 Å². The average molecular weight is 368 g/mol. The van der Waals surface area contributed by atoms with Gasteiger partial charge in [0, 0.05) is 30.0 Å². The van der Waals surface area contributed by atoms with E-state index < -0.39 is 0 Å². The highest BCUT2D eigenvalue weighted by Gasteiger charge is 2.31. The number of piperidine rings is 1. The Morgan fingerprint density at radius 2 is 1.93 bits per heavy atom. The Hall–Kier alpha value is -2.56. The van der Waals surface area contributed by atoms with Crippen LogP contribution in [0.15, 0.2) is 41.3 Å². The summed E-state index contributed by atoms with van der Waals surface area (Å²) < 4.78 is 6.09. The zero-order chi connectivity index (χ0) is 19.6. The Kier molecular flexibility index (Phi) is 5.68. The third-order valence-corrected chi connectivity index (χ3v) is 5.48. The number of hydrogen-bond acceptors (Lipinski definition) is 3. The van der Waals surface area contributed by atoms with E-state index >= 15 is 0 Å². The lowest BCUT2D eigenvalue weighted by Crippen LogP contribution is -2.43. The SMILES string of the molecule is C=CC(=O)N1CCC(C(=O)NC(c2oc3ccccc3c2C)C(C)C)CC1. The maximum absolute atomic E-state index is 12.9. The van der Waals surface area contributed by atoms with Crippen molar-refractivity contribution in [3.8, 4) is 0 Å². The first-order chi connectivity index (χ1) is 12.9. The monoisotopic (exact) mass is 368 g/mol. The van der Waals surface area contributed by atoms with Gasteiger partial charge in [-0.05, 0) is 37.8 Å². The van der Waals surface area contributed by atoms with Gasteiger partial charge in [0.15, 0.2) is 0 Å². The van der Waals surface area contributed by atoms with E-state index in [4.69, 9.17) is 4.42 Å². The fourth-order valence-corrected chi connectivity index (χ4v) is 3.79. The number of fused-ring (bicyclic) bond motifs is 1. The van der Waals surface area contributed by atoms with E-state index in [0.717, 1.165) is 22.3 Å². The molecule has 5 heteroatoms. The van der Waals surface area contributed by atoms with Crippen LogP contribution in [0.5, 0.6) is 0 Å². The molecule has 1 unspecified atom stereocenters. The molecule has 1 saturated heterocycles. The number of benzene rings is 1. The van der Waals surface area contributed by atoms with Crippen LogP contribution in [0.4, 0.5) is 0 Å². The van der Waals surface area contributed by atoms with Gasteiger partial charge in [-0.3, -0.25) is 9.59 Å². The first kappa shape index (κ1) is 19.2. The number of para-hydroxylation sites is 1. The molecule has 3 rings (SSSR count). The average Bonchev–Trinajstić information content (AvgIpc) is 3.01. The van der Waals surface area contributed by atoms with Crippen molar-refractivity contribution in [2.24, 2.45) is 11.8 Å². The van der Waals surface area contributed by atoms with Crippen LogP contribution in [0, 0.1) is 18.8 Å². The second kappa shape index (κ2) is 7.99. The topological polar surface area (TPSA) is 62.6 Å². The highest BCUT2D eigenvalue weighted by atomic mass is 16.3. The molecule has 1 atom stereocenters. The minimum Gasteiger partial charge on any atom is -0.459 e. The summed E-state index contributed by atoms with van der Waals surface area (Å²) in [6, 6.07) is 7.78. The Labute approximate surface area is 160 Å². The molecule has 1 aliphatic rings. The summed E-state index contributed by atoms with van der Waals surface area (Å²) in [6.07, 6.45) is 2.68. The molecule has 1 aromatic carbocycles. The number of amides is 2. The third-order valence-electron chi connectivity index (χ3n) is 5.48. The van der Waals surface area contributed by atoms with Crippen molar-refractivity contribution in [2.45, 2.75) is 39.7 Å². The van der Waals surface area contributed by atoms with Gasteiger partial charge < -0.3 is 14.6 Å². The van der Waals surface area contributed by atoms with Crippen molar-refractivity contribution >= 4 is 22.8 Å². The van der Waals surface area contributed by atoms with E-state index in [2.05, 4.69) is 25.7 Å². The van der Waals surface area contributed by atoms with Crippen LogP contribution in [-0.2, 0) is 9.59 Å². The Morgan fingerprint density at radius 1 is 1.26 bits per heavy atom. The van der Waals surface area contributed by atoms with Crippen molar-refractivity contribution in [1.82, 2.24) is 10.2 Å². The molecule has 5 nitrogen and oxygen atoms in total. The Morgan fingerprint density at radius 3 is 2.52 bits per heavy atom. The van der Waals surface area contributed by atoms with Crippen LogP contribution in [0.25, 0.3) is 11.0 Å². The van der Waals surface area contributed by atoms with Gasteiger partial charge >= 0.3 is 0 Å². The number of carbonyl (C=O) groups is 2. The molecule has 2 aromatic rings. The highest BCUT2D eigenvalue weighted by molar-refractivity contribution is 5.87. The van der Waals surface area contributed by atoms with Crippen LogP contribution in [-0.4, -0.2) is 29.8 Å². The summed E-state index contributed by atoms with van der Waals surface area (Å²) in [5, 5.41) is 4.29. The second-order valence-corrected chi connectivity index (χ2v) is 7.62. The molecule has 144 valence electrons. The molecule has 27 heavy (non-hydrogen) atoms. The van der Waals surface area contributed by atoms with Crippen molar-refractivity contribution in [1.29, 1.82) is 0 Å². The summed E-state index contributed by atoms with van der Waals surface area (Å²) >= 11 is 0. The van der Waals surface area contributed by atoms with E-state index in [1.807, 2.05) is 31.2 Å². The lowest BCUT2D eigenvalue weighted by atomic mass is 9.93. The highest BCUT2D eigenvalue weighted by Crippen LogP contribution is 2.33. The van der Waals surface area contributed by atoms with E-state index in [9.17, 15) is 9.59 Å². The van der Waals surface area contributed by atoms with Gasteiger partial charge in [-0.25, -0.2) is 0 Å². The van der Waals surface area contributed by atoms with E-state index in [1.165, 1.54) is 6.08 Å². The van der Waals surface area contributed by atoms with Crippen molar-refractivity contribution < 1.29 is 14.0 Å². The van der Waals surface area contributed by atoms with Gasteiger partial charge in [0.2, 0.25) is 11.8 Å². The van der Waals surface area contributed by atoms with Crippen LogP contribution < -0.4 is 5.32 Å². The standard InChI is InChI=1S/C22H28N2O3/c1-5-19(25)24-12-10-16(11-13-24)22(26)23-20(14(2)3)21-15(4)17-8-6-7-9-18(17)27-21/h5-9,14,16,20H,1,10-13H2,2-4H3,(H,23,26). The third kappa shape index (κ3) is 3.92. The maximum atomic E-state index is 12.9. The quantitative estimate of drug-likeness (QED) is 0.812. The zero-order valence-corrected chi connectivity index (χ0v) is 16.3. The first-order valence-corrected chi connectivity index (χ1v) is 9.62. The summed E-state index contributed by atoms with van der Waals surface area (Å²) in [4.78, 5) is 26.3. The molecule has 0 aliphatic carbocycles. The van der Waals surface area contributed by atoms with Gasteiger partial charge in [0.05, 0.1) is 6.04 Å². The number of aryl methyl sites for hydroxylation is 1. The fourth-order valence-electron chi connectivity index (χ4n) is 3.79. The van der Waals surface area contributed by atoms with Crippen LogP contribution >= 0.6 is 0 Å². The largest absolute Gasteiger partial charge is 0.459 e. The number of nitrogens with one attached hydrogen (secondary N) is 1. The normalized spacial score (nSPS) is 16.5. The minimum atomic E-state index is -0.169. The fraction of sp³-hybridized carbons (Fsp3) is 0.455.